The van der Waals surface area contributed by atoms with Gasteiger partial charge in [-0.1, -0.05) is 13.8 Å². The van der Waals surface area contributed by atoms with Gasteiger partial charge in [0, 0.05) is 6.04 Å². The Morgan fingerprint density at radius 1 is 1.17 bits per heavy atom. The summed E-state index contributed by atoms with van der Waals surface area (Å²) in [5, 5.41) is 3.63. The highest BCUT2D eigenvalue weighted by atomic mass is 32.1. The molecular formula is C11H18N4O2S. The van der Waals surface area contributed by atoms with Crippen LogP contribution >= 0.6 is 11.3 Å². The zero-order valence-corrected chi connectivity index (χ0v) is 11.4. The van der Waals surface area contributed by atoms with Gasteiger partial charge in [0.05, 0.1) is 11.3 Å². The smallest absolute Gasteiger partial charge is 0.260 e. The van der Waals surface area contributed by atoms with E-state index >= 15 is 0 Å². The van der Waals surface area contributed by atoms with Crippen LogP contribution in [0.25, 0.3) is 0 Å². The van der Waals surface area contributed by atoms with Crippen molar-refractivity contribution >= 4 is 33.8 Å². The van der Waals surface area contributed by atoms with Crippen molar-refractivity contribution in [3.05, 3.63) is 10.4 Å². The molecule has 1 atom stereocenters. The third-order valence-electron chi connectivity index (χ3n) is 2.77. The van der Waals surface area contributed by atoms with E-state index in [9.17, 15) is 9.59 Å². The number of nitrogens with two attached hydrogens (primary N) is 3. The number of hydrogen-bond acceptors (Lipinski definition) is 5. The molecule has 0 aliphatic heterocycles. The molecule has 0 fully saturated rings. The summed E-state index contributed by atoms with van der Waals surface area (Å²) in [6, 6.07) is 0.113. The Labute approximate surface area is 110 Å². The lowest BCUT2D eigenvalue weighted by Crippen LogP contribution is -2.23. The molecule has 6 nitrogen and oxygen atoms in total. The molecule has 1 rings (SSSR count). The number of rotatable bonds is 5. The van der Waals surface area contributed by atoms with Gasteiger partial charge in [0.15, 0.2) is 0 Å². The first-order chi connectivity index (χ1) is 8.25. The first kappa shape index (κ1) is 14.3. The summed E-state index contributed by atoms with van der Waals surface area (Å²) in [6.45, 7) is 6.04. The van der Waals surface area contributed by atoms with Crippen LogP contribution in [-0.2, 0) is 0 Å². The Balaban J connectivity index is 3.22. The predicted octanol–water partition coefficient (Wildman–Crippen LogP) is 0.985. The average molecular weight is 270 g/mol. The van der Waals surface area contributed by atoms with Crippen LogP contribution in [0.15, 0.2) is 0 Å². The Morgan fingerprint density at radius 2 is 1.72 bits per heavy atom. The molecule has 0 saturated heterocycles. The molecular weight excluding hydrogens is 252 g/mol. The summed E-state index contributed by atoms with van der Waals surface area (Å²) in [4.78, 5) is 22.7. The summed E-state index contributed by atoms with van der Waals surface area (Å²) in [6.07, 6.45) is 0. The van der Waals surface area contributed by atoms with Gasteiger partial charge in [0.2, 0.25) is 0 Å². The summed E-state index contributed by atoms with van der Waals surface area (Å²) >= 11 is 1.06. The molecule has 0 spiro atoms. The summed E-state index contributed by atoms with van der Waals surface area (Å²) < 4.78 is 0. The van der Waals surface area contributed by atoms with Crippen LogP contribution in [0.1, 0.15) is 40.8 Å². The quantitative estimate of drug-likeness (QED) is 0.636. The van der Waals surface area contributed by atoms with E-state index in [4.69, 9.17) is 17.2 Å². The van der Waals surface area contributed by atoms with Gasteiger partial charge in [0.1, 0.15) is 9.88 Å². The summed E-state index contributed by atoms with van der Waals surface area (Å²) in [5.41, 5.74) is 16.4. The van der Waals surface area contributed by atoms with Crippen LogP contribution in [0.2, 0.25) is 0 Å². The van der Waals surface area contributed by atoms with E-state index in [1.807, 2.05) is 20.8 Å². The number of amides is 2. The van der Waals surface area contributed by atoms with Crippen molar-refractivity contribution in [1.82, 2.24) is 0 Å². The number of primary amides is 2. The first-order valence-electron chi connectivity index (χ1n) is 5.54. The van der Waals surface area contributed by atoms with Crippen molar-refractivity contribution in [2.45, 2.75) is 26.8 Å². The van der Waals surface area contributed by atoms with Crippen molar-refractivity contribution in [1.29, 1.82) is 0 Å². The summed E-state index contributed by atoms with van der Waals surface area (Å²) in [7, 11) is 0. The maximum absolute atomic E-state index is 11.4. The fraction of sp³-hybridized carbons (Fsp3) is 0.455. The lowest BCUT2D eigenvalue weighted by Gasteiger charge is -2.18. The molecule has 18 heavy (non-hydrogen) atoms. The minimum atomic E-state index is -0.672. The highest BCUT2D eigenvalue weighted by Crippen LogP contribution is 2.35. The number of nitrogens with one attached hydrogen (secondary N) is 1. The maximum Gasteiger partial charge on any atom is 0.260 e. The van der Waals surface area contributed by atoms with Crippen LogP contribution in [0.3, 0.4) is 0 Å². The standard InChI is InChI=1S/C11H18N4O2S/c1-4(2)5(3)15-11-6(9(13)16)7(12)8(18-11)10(14)17/h4-5,15H,12H2,1-3H3,(H2,13,16)(H2,14,17). The van der Waals surface area contributed by atoms with Crippen molar-refractivity contribution < 1.29 is 9.59 Å². The van der Waals surface area contributed by atoms with Crippen molar-refractivity contribution in [2.75, 3.05) is 11.1 Å². The topological polar surface area (TPSA) is 124 Å². The number of carbonyl (C=O) groups excluding carboxylic acids is 2. The van der Waals surface area contributed by atoms with Gasteiger partial charge in [-0.15, -0.1) is 11.3 Å². The van der Waals surface area contributed by atoms with Crippen molar-refractivity contribution in [3.63, 3.8) is 0 Å². The molecule has 1 heterocycles. The van der Waals surface area contributed by atoms with Gasteiger partial charge in [-0.05, 0) is 12.8 Å². The third kappa shape index (κ3) is 2.73. The Morgan fingerprint density at radius 3 is 2.11 bits per heavy atom. The second-order valence-electron chi connectivity index (χ2n) is 4.45. The molecule has 0 saturated carbocycles. The van der Waals surface area contributed by atoms with Crippen LogP contribution in [-0.4, -0.2) is 17.9 Å². The van der Waals surface area contributed by atoms with E-state index in [-0.39, 0.29) is 22.2 Å². The molecule has 0 aliphatic carbocycles. The largest absolute Gasteiger partial charge is 0.397 e. The highest BCUT2D eigenvalue weighted by Gasteiger charge is 2.24. The molecule has 1 aromatic heterocycles. The molecule has 0 aliphatic rings. The Hall–Kier alpha value is -1.76. The minimum absolute atomic E-state index is 0.0541. The predicted molar refractivity (Wildman–Crippen MR) is 73.7 cm³/mol. The maximum atomic E-state index is 11.4. The first-order valence-corrected chi connectivity index (χ1v) is 6.35. The number of nitrogen functional groups attached to an aromatic ring is 1. The zero-order chi connectivity index (χ0) is 14.0. The second kappa shape index (κ2) is 5.26. The molecule has 100 valence electrons. The van der Waals surface area contributed by atoms with Gasteiger partial charge in [-0.3, -0.25) is 9.59 Å². The monoisotopic (exact) mass is 270 g/mol. The fourth-order valence-corrected chi connectivity index (χ4v) is 2.42. The van der Waals surface area contributed by atoms with Gasteiger partial charge in [-0.25, -0.2) is 0 Å². The Kier molecular flexibility index (Phi) is 4.18. The second-order valence-corrected chi connectivity index (χ2v) is 5.48. The van der Waals surface area contributed by atoms with E-state index in [0.717, 1.165) is 11.3 Å². The number of thiophene rings is 1. The Bertz CT molecular complexity index is 482. The SMILES string of the molecule is CC(C)C(C)Nc1sc(C(N)=O)c(N)c1C(N)=O. The van der Waals surface area contributed by atoms with Gasteiger partial charge >= 0.3 is 0 Å². The normalized spacial score (nSPS) is 12.4. The average Bonchev–Trinajstić information content (AvgIpc) is 2.55. The molecule has 1 aromatic rings. The summed E-state index contributed by atoms with van der Waals surface area (Å²) in [5.74, 6) is -0.981. The minimum Gasteiger partial charge on any atom is -0.397 e. The van der Waals surface area contributed by atoms with Gasteiger partial charge in [-0.2, -0.15) is 0 Å². The molecule has 0 aromatic carbocycles. The molecule has 0 bridgehead atoms. The lowest BCUT2D eigenvalue weighted by molar-refractivity contribution is 0.0999. The number of hydrogen-bond donors (Lipinski definition) is 4. The van der Waals surface area contributed by atoms with E-state index in [1.54, 1.807) is 0 Å². The van der Waals surface area contributed by atoms with E-state index in [2.05, 4.69) is 5.32 Å². The number of anilines is 2. The van der Waals surface area contributed by atoms with Gasteiger partial charge in [0.25, 0.3) is 11.8 Å². The van der Waals surface area contributed by atoms with E-state index < -0.39 is 11.8 Å². The lowest BCUT2D eigenvalue weighted by atomic mass is 10.1. The van der Waals surface area contributed by atoms with Crippen LogP contribution in [0, 0.1) is 5.92 Å². The van der Waals surface area contributed by atoms with Crippen molar-refractivity contribution in [3.8, 4) is 0 Å². The number of carbonyl (C=O) groups is 2. The van der Waals surface area contributed by atoms with E-state index in [0.29, 0.717) is 10.9 Å². The molecule has 7 heteroatoms. The molecule has 2 amide bonds. The molecule has 0 radical (unpaired) electrons. The van der Waals surface area contributed by atoms with E-state index in [1.165, 1.54) is 0 Å². The highest BCUT2D eigenvalue weighted by molar-refractivity contribution is 7.19. The third-order valence-corrected chi connectivity index (χ3v) is 3.93. The molecule has 7 N–H and O–H groups in total. The van der Waals surface area contributed by atoms with Gasteiger partial charge < -0.3 is 22.5 Å². The fourth-order valence-electron chi connectivity index (χ4n) is 1.35. The van der Waals surface area contributed by atoms with Crippen LogP contribution < -0.4 is 22.5 Å². The molecule has 1 unspecified atom stereocenters. The van der Waals surface area contributed by atoms with Crippen LogP contribution in [0.4, 0.5) is 10.7 Å². The van der Waals surface area contributed by atoms with Crippen LogP contribution in [0.5, 0.6) is 0 Å². The van der Waals surface area contributed by atoms with Crippen molar-refractivity contribution in [2.24, 2.45) is 17.4 Å². The zero-order valence-electron chi connectivity index (χ0n) is 10.6.